The lowest BCUT2D eigenvalue weighted by Gasteiger charge is -2.40. The summed E-state index contributed by atoms with van der Waals surface area (Å²) in [4.78, 5) is 34.3. The van der Waals surface area contributed by atoms with Crippen molar-refractivity contribution in [2.75, 3.05) is 33.9 Å². The van der Waals surface area contributed by atoms with E-state index in [1.807, 2.05) is 36.4 Å². The SMILES string of the molecule is COc1ccc2nc(C(F)(F)F)n(CC(=O)N3CCN(Cc4ccnnc4)CC3c3ncc(-c4cc5ccccc5nc4OC)[nH]3)c2c1. The van der Waals surface area contributed by atoms with Gasteiger partial charge in [0.1, 0.15) is 24.2 Å². The number of carbonyl (C=O) groups is 1. The molecule has 1 atom stereocenters. The molecule has 2 aromatic carbocycles. The van der Waals surface area contributed by atoms with E-state index in [1.54, 1.807) is 23.5 Å². The number of ether oxygens (including phenoxy) is 2. The predicted octanol–water partition coefficient (Wildman–Crippen LogP) is 4.89. The van der Waals surface area contributed by atoms with E-state index in [9.17, 15) is 18.0 Å². The molecule has 0 bridgehead atoms. The van der Waals surface area contributed by atoms with Crippen LogP contribution in [0.4, 0.5) is 13.2 Å². The highest BCUT2D eigenvalue weighted by molar-refractivity contribution is 5.86. The number of H-pyrrole nitrogens is 1. The molecule has 1 aliphatic rings. The van der Waals surface area contributed by atoms with Crippen molar-refractivity contribution in [2.45, 2.75) is 25.3 Å². The molecule has 12 nitrogen and oxygen atoms in total. The first-order chi connectivity index (χ1) is 23.2. The maximum absolute atomic E-state index is 14.2. The number of nitrogens with one attached hydrogen (secondary N) is 1. The van der Waals surface area contributed by atoms with Crippen molar-refractivity contribution in [3.63, 3.8) is 0 Å². The van der Waals surface area contributed by atoms with Crippen LogP contribution in [0.2, 0.25) is 0 Å². The van der Waals surface area contributed by atoms with Crippen LogP contribution in [0.3, 0.4) is 0 Å². The molecule has 1 amide bonds. The maximum atomic E-state index is 14.2. The molecule has 15 heteroatoms. The van der Waals surface area contributed by atoms with E-state index < -0.39 is 30.5 Å². The molecule has 1 unspecified atom stereocenters. The fourth-order valence-electron chi connectivity index (χ4n) is 6.11. The number of nitrogens with zero attached hydrogens (tertiary/aromatic N) is 8. The van der Waals surface area contributed by atoms with Crippen molar-refractivity contribution in [1.82, 2.24) is 44.5 Å². The van der Waals surface area contributed by atoms with Crippen LogP contribution in [-0.2, 0) is 24.1 Å². The molecule has 7 rings (SSSR count). The third-order valence-corrected chi connectivity index (χ3v) is 8.42. The second-order valence-corrected chi connectivity index (χ2v) is 11.4. The number of alkyl halides is 3. The molecule has 1 aliphatic heterocycles. The van der Waals surface area contributed by atoms with Gasteiger partial charge in [0.15, 0.2) is 0 Å². The third-order valence-electron chi connectivity index (χ3n) is 8.42. The number of imidazole rings is 2. The zero-order chi connectivity index (χ0) is 33.4. The molecule has 48 heavy (non-hydrogen) atoms. The van der Waals surface area contributed by atoms with Gasteiger partial charge in [-0.25, -0.2) is 15.0 Å². The molecule has 5 heterocycles. The quantitative estimate of drug-likeness (QED) is 0.244. The summed E-state index contributed by atoms with van der Waals surface area (Å²) in [6.45, 7) is 1.04. The summed E-state index contributed by atoms with van der Waals surface area (Å²) < 4.78 is 54.4. The molecule has 246 valence electrons. The number of fused-ring (bicyclic) bond motifs is 2. The van der Waals surface area contributed by atoms with Gasteiger partial charge in [0, 0.05) is 43.8 Å². The van der Waals surface area contributed by atoms with Gasteiger partial charge in [0.2, 0.25) is 17.6 Å². The van der Waals surface area contributed by atoms with Crippen LogP contribution in [0.15, 0.2) is 73.2 Å². The number of piperazine rings is 1. The highest BCUT2D eigenvalue weighted by atomic mass is 19.4. The first kappa shape index (κ1) is 31.1. The minimum atomic E-state index is -4.79. The Kier molecular flexibility index (Phi) is 8.12. The van der Waals surface area contributed by atoms with Gasteiger partial charge in [0.25, 0.3) is 0 Å². The largest absolute Gasteiger partial charge is 0.497 e. The van der Waals surface area contributed by atoms with Crippen LogP contribution in [0.25, 0.3) is 33.2 Å². The highest BCUT2D eigenvalue weighted by Gasteiger charge is 2.40. The molecule has 1 saturated heterocycles. The Morgan fingerprint density at radius 3 is 2.60 bits per heavy atom. The van der Waals surface area contributed by atoms with Crippen molar-refractivity contribution >= 4 is 27.8 Å². The van der Waals surface area contributed by atoms with Gasteiger partial charge < -0.3 is 23.9 Å². The number of carbonyl (C=O) groups excluding carboxylic acids is 1. The monoisotopic (exact) mass is 657 g/mol. The summed E-state index contributed by atoms with van der Waals surface area (Å²) in [6.07, 6.45) is 0.147. The molecule has 0 radical (unpaired) electrons. The molecule has 0 aliphatic carbocycles. The van der Waals surface area contributed by atoms with Gasteiger partial charge in [-0.1, -0.05) is 18.2 Å². The summed E-state index contributed by atoms with van der Waals surface area (Å²) in [5, 5.41) is 8.71. The second kappa shape index (κ2) is 12.6. The fourth-order valence-corrected chi connectivity index (χ4v) is 6.11. The van der Waals surface area contributed by atoms with Crippen molar-refractivity contribution in [1.29, 1.82) is 0 Å². The lowest BCUT2D eigenvalue weighted by Crippen LogP contribution is -2.51. The topological polar surface area (TPSA) is 127 Å². The Bertz CT molecular complexity index is 2100. The maximum Gasteiger partial charge on any atom is 0.449 e. The van der Waals surface area contributed by atoms with E-state index in [4.69, 9.17) is 9.47 Å². The van der Waals surface area contributed by atoms with Gasteiger partial charge in [0.05, 0.1) is 54.4 Å². The number of hydrogen-bond donors (Lipinski definition) is 1. The number of aromatic nitrogens is 7. The number of methoxy groups -OCH3 is 2. The highest BCUT2D eigenvalue weighted by Crippen LogP contribution is 2.35. The van der Waals surface area contributed by atoms with Gasteiger partial charge in [-0.15, -0.1) is 0 Å². The Morgan fingerprint density at radius 2 is 1.83 bits per heavy atom. The summed E-state index contributed by atoms with van der Waals surface area (Å²) in [6, 6.07) is 15.3. The average molecular weight is 658 g/mol. The number of amides is 1. The predicted molar refractivity (Wildman–Crippen MR) is 169 cm³/mol. The van der Waals surface area contributed by atoms with Gasteiger partial charge in [-0.05, 0) is 35.9 Å². The molecule has 4 aromatic heterocycles. The minimum Gasteiger partial charge on any atom is -0.497 e. The van der Waals surface area contributed by atoms with Crippen molar-refractivity contribution in [2.24, 2.45) is 0 Å². The van der Waals surface area contributed by atoms with Crippen molar-refractivity contribution in [3.8, 4) is 22.9 Å². The Morgan fingerprint density at radius 1 is 0.979 bits per heavy atom. The van der Waals surface area contributed by atoms with Gasteiger partial charge >= 0.3 is 6.18 Å². The van der Waals surface area contributed by atoms with E-state index in [0.717, 1.165) is 21.0 Å². The van der Waals surface area contributed by atoms with Crippen LogP contribution in [0.1, 0.15) is 23.3 Å². The number of halogens is 3. The van der Waals surface area contributed by atoms with Crippen molar-refractivity contribution < 1.29 is 27.4 Å². The van der Waals surface area contributed by atoms with E-state index in [1.165, 1.54) is 32.4 Å². The number of aromatic amines is 1. The van der Waals surface area contributed by atoms with Crippen molar-refractivity contribution in [3.05, 3.63) is 90.4 Å². The smallest absolute Gasteiger partial charge is 0.449 e. The Labute approximate surface area is 272 Å². The van der Waals surface area contributed by atoms with Gasteiger partial charge in [-0.2, -0.15) is 23.4 Å². The zero-order valence-corrected chi connectivity index (χ0v) is 26.0. The van der Waals surface area contributed by atoms with Gasteiger partial charge in [-0.3, -0.25) is 9.69 Å². The molecule has 1 N–H and O–H groups in total. The molecule has 0 spiro atoms. The third kappa shape index (κ3) is 5.99. The number of benzene rings is 2. The number of hydrogen-bond acceptors (Lipinski definition) is 9. The lowest BCUT2D eigenvalue weighted by molar-refractivity contribution is -0.148. The summed E-state index contributed by atoms with van der Waals surface area (Å²) in [5.41, 5.74) is 3.26. The Balaban J connectivity index is 1.24. The normalized spacial score (nSPS) is 15.7. The van der Waals surface area contributed by atoms with Crippen LogP contribution >= 0.6 is 0 Å². The Hall–Kier alpha value is -5.57. The van der Waals surface area contributed by atoms with E-state index in [-0.39, 0.29) is 17.6 Å². The molecule has 6 aromatic rings. The van der Waals surface area contributed by atoms with Crippen LogP contribution in [-0.4, -0.2) is 84.3 Å². The molecule has 0 saturated carbocycles. The first-order valence-corrected chi connectivity index (χ1v) is 15.1. The fraction of sp³-hybridized carbons (Fsp3) is 0.273. The summed E-state index contributed by atoms with van der Waals surface area (Å²) in [7, 11) is 2.96. The zero-order valence-electron chi connectivity index (χ0n) is 26.0. The number of para-hydroxylation sites is 1. The molecular weight excluding hydrogens is 627 g/mol. The number of pyridine rings is 1. The minimum absolute atomic E-state index is 0.108. The van der Waals surface area contributed by atoms with E-state index in [2.05, 4.69) is 35.0 Å². The molecular formula is C33H30F3N9O3. The van der Waals surface area contributed by atoms with Crippen LogP contribution in [0.5, 0.6) is 11.6 Å². The summed E-state index contributed by atoms with van der Waals surface area (Å²) in [5.74, 6) is -0.450. The standard InChI is InChI=1S/C33H30F3N9O3/c1-47-22-7-8-25-27(14-22)45(32(42-25)33(34,35)36)19-29(46)44-12-11-43(17-20-9-10-38-39-15-20)18-28(44)30-37-16-26(40-30)23-13-21-5-3-4-6-24(21)41-31(23)48-2/h3-10,13-16,28H,11-12,17-19H2,1-2H3,(H,37,40). The van der Waals surface area contributed by atoms with E-state index in [0.29, 0.717) is 48.3 Å². The van der Waals surface area contributed by atoms with Crippen LogP contribution in [0, 0.1) is 0 Å². The first-order valence-electron chi connectivity index (χ1n) is 15.1. The summed E-state index contributed by atoms with van der Waals surface area (Å²) >= 11 is 0. The number of rotatable bonds is 8. The van der Waals surface area contributed by atoms with E-state index >= 15 is 0 Å². The second-order valence-electron chi connectivity index (χ2n) is 11.4. The molecule has 1 fully saturated rings. The average Bonchev–Trinajstić information content (AvgIpc) is 3.73. The van der Waals surface area contributed by atoms with Crippen LogP contribution < -0.4 is 9.47 Å². The lowest BCUT2D eigenvalue weighted by atomic mass is 10.1.